The van der Waals surface area contributed by atoms with Crippen LogP contribution in [0.5, 0.6) is 0 Å². The van der Waals surface area contributed by atoms with E-state index < -0.39 is 23.7 Å². The van der Waals surface area contributed by atoms with Crippen molar-refractivity contribution in [2.45, 2.75) is 32.1 Å². The fourth-order valence-electron chi connectivity index (χ4n) is 7.91. The molecular weight excluding hydrogens is 1000 g/mol. The molecule has 400 valence electrons. The Labute approximate surface area is 430 Å². The van der Waals surface area contributed by atoms with E-state index in [4.69, 9.17) is 34.3 Å². The lowest BCUT2D eigenvalue weighted by Crippen LogP contribution is -2.37. The maximum Gasteiger partial charge on any atom is 0.430 e. The number of nitrogens with zero attached hydrogens (tertiary/aromatic N) is 7. The highest BCUT2D eigenvalue weighted by atomic mass is 19.4. The van der Waals surface area contributed by atoms with Gasteiger partial charge in [-0.15, -0.1) is 0 Å². The Bertz CT molecular complexity index is 3460. The number of carboxylic acid groups (broad SMARTS) is 2. The molecule has 0 saturated heterocycles. The van der Waals surface area contributed by atoms with E-state index in [9.17, 15) is 37.1 Å². The van der Waals surface area contributed by atoms with Crippen molar-refractivity contribution >= 4 is 51.6 Å². The number of halogens is 4. The highest BCUT2D eigenvalue weighted by molar-refractivity contribution is 6.09. The molecule has 0 saturated carbocycles. The summed E-state index contributed by atoms with van der Waals surface area (Å²) in [6.45, 7) is 3.63. The number of nitrogens with one attached hydrogen (secondary N) is 2. The summed E-state index contributed by atoms with van der Waals surface area (Å²) in [7, 11) is 7.77. The Morgan fingerprint density at radius 2 is 1.57 bits per heavy atom. The van der Waals surface area contributed by atoms with Crippen molar-refractivity contribution in [1.82, 2.24) is 39.2 Å². The number of aromatic carboxylic acids is 1. The lowest BCUT2D eigenvalue weighted by Gasteiger charge is -2.19. The minimum Gasteiger partial charge on any atom is -0.542 e. The normalized spacial score (nSPS) is 11.5. The molecule has 0 unspecified atom stereocenters. The topological polar surface area (TPSA) is 261 Å². The molecule has 6 aromatic rings. The van der Waals surface area contributed by atoms with Crippen LogP contribution in [0.4, 0.5) is 29.2 Å². The minimum absolute atomic E-state index is 0.00436. The van der Waals surface area contributed by atoms with Crippen molar-refractivity contribution in [3.63, 3.8) is 0 Å². The average Bonchev–Trinajstić information content (AvgIpc) is 4.00. The molecule has 4 heterocycles. The molecule has 0 spiro atoms. The molecule has 2 aliphatic rings. The number of nitrogens with two attached hydrogens (primary N) is 1. The van der Waals surface area contributed by atoms with Crippen molar-refractivity contribution in [3.8, 4) is 33.8 Å². The molecule has 20 nitrogen and oxygen atoms in total. The van der Waals surface area contributed by atoms with E-state index in [-0.39, 0.29) is 40.9 Å². The monoisotopic (exact) mass is 1050 g/mol. The number of rotatable bonds is 21. The number of hydrogen-bond acceptors (Lipinski definition) is 14. The molecule has 1 amide bonds. The first-order valence-electron chi connectivity index (χ1n) is 23.7. The number of aromatic nitrogens is 6. The number of amides is 1. The molecule has 0 radical (unpaired) electrons. The zero-order valence-electron chi connectivity index (χ0n) is 41.8. The second kappa shape index (κ2) is 24.7. The summed E-state index contributed by atoms with van der Waals surface area (Å²) in [6, 6.07) is 22.5. The molecule has 3 aromatic heterocycles. The Morgan fingerprint density at radius 3 is 2.22 bits per heavy atom. The number of carboxylic acids is 2. The first-order valence-corrected chi connectivity index (χ1v) is 23.7. The second-order valence-corrected chi connectivity index (χ2v) is 17.5. The maximum atomic E-state index is 13.6. The quantitative estimate of drug-likeness (QED) is 0.0331. The van der Waals surface area contributed by atoms with E-state index in [0.29, 0.717) is 105 Å². The summed E-state index contributed by atoms with van der Waals surface area (Å²) >= 11 is 0. The third-order valence-corrected chi connectivity index (χ3v) is 11.7. The van der Waals surface area contributed by atoms with Gasteiger partial charge in [-0.3, -0.25) is 19.3 Å². The predicted octanol–water partition coefficient (Wildman–Crippen LogP) is 4.63. The number of carbonyl (C=O) groups excluding carboxylic acids is 2. The predicted molar refractivity (Wildman–Crippen MR) is 271 cm³/mol. The van der Waals surface area contributed by atoms with Gasteiger partial charge in [-0.2, -0.15) is 23.3 Å². The van der Waals surface area contributed by atoms with Gasteiger partial charge in [0.1, 0.15) is 43.0 Å². The van der Waals surface area contributed by atoms with Gasteiger partial charge >= 0.3 is 12.1 Å². The lowest BCUT2D eigenvalue weighted by atomic mass is 9.89. The van der Waals surface area contributed by atoms with Gasteiger partial charge in [0.2, 0.25) is 11.3 Å². The van der Waals surface area contributed by atoms with E-state index in [1.165, 1.54) is 18.2 Å². The molecule has 24 heteroatoms. The SMILES string of the molecule is CN(C)c1ccc2c(-c3ccc(C(=O)NCCCOCCOCCOCCCn4cc(-c5nc6c(=O)[nH]c(N)nc6n5Cc5ccc(F)cc5)cn4)cc3C(=O)O)c3ccc(=[N+](C)C)cc-3oc2c1.O=C([O-])C(F)(F)F. The second-order valence-electron chi connectivity index (χ2n) is 17.5. The summed E-state index contributed by atoms with van der Waals surface area (Å²) < 4.78 is 74.1. The number of aryl methyl sites for hydroxylation is 1. The number of aromatic amines is 1. The zero-order valence-corrected chi connectivity index (χ0v) is 41.8. The molecule has 3 aromatic carbocycles. The third kappa shape index (κ3) is 13.8. The van der Waals surface area contributed by atoms with Crippen LogP contribution in [0.3, 0.4) is 0 Å². The van der Waals surface area contributed by atoms with Gasteiger partial charge in [0, 0.05) is 86.5 Å². The van der Waals surface area contributed by atoms with Crippen molar-refractivity contribution in [2.75, 3.05) is 85.0 Å². The van der Waals surface area contributed by atoms with E-state index in [0.717, 1.165) is 27.6 Å². The van der Waals surface area contributed by atoms with E-state index in [1.807, 2.05) is 80.3 Å². The van der Waals surface area contributed by atoms with Gasteiger partial charge in [0.15, 0.2) is 11.2 Å². The first-order chi connectivity index (χ1) is 36.3. The van der Waals surface area contributed by atoms with E-state index >= 15 is 0 Å². The summed E-state index contributed by atoms with van der Waals surface area (Å²) in [4.78, 5) is 60.8. The Balaban J connectivity index is 0.00000112. The standard InChI is InChI=1S/C50H53FN10O8.C2HF3O2/c1-58(2)35-12-15-38-41(26-35)69-42-27-36(59(3)4)13-16-39(42)43(38)37-14-9-32(25-40(37)49(64)65)47(62)53-17-5-19-66-21-23-68-24-22-67-20-6-18-60-30-33(28-54-60)45-55-44-46(56-50(52)57-48(44)63)61(45)29-31-7-10-34(51)11-8-31;3-2(4,5)1(6)7/h7-16,25-28,30H,5-6,17-24,29H2,1-4H3,(H4-,52,53,56,57,62,63,64,65);(H,6,7). The van der Waals surface area contributed by atoms with Crippen molar-refractivity contribution in [1.29, 1.82) is 0 Å². The van der Waals surface area contributed by atoms with Gasteiger partial charge in [-0.1, -0.05) is 18.2 Å². The number of nitrogen functional groups attached to an aromatic ring is 1. The van der Waals surface area contributed by atoms with Crippen LogP contribution in [0.15, 0.2) is 100 Å². The number of alkyl halides is 3. The fourth-order valence-corrected chi connectivity index (χ4v) is 7.91. The zero-order chi connectivity index (χ0) is 54.7. The van der Waals surface area contributed by atoms with Crippen LogP contribution in [-0.4, -0.2) is 133 Å². The molecular formula is C52H54F4N10O10. The third-order valence-electron chi connectivity index (χ3n) is 11.7. The number of anilines is 2. The first kappa shape index (κ1) is 55.3. The Hall–Kier alpha value is -8.48. The molecule has 0 atom stereocenters. The average molecular weight is 1060 g/mol. The van der Waals surface area contributed by atoms with Crippen LogP contribution in [0.25, 0.3) is 56.0 Å². The molecule has 1 aliphatic heterocycles. The van der Waals surface area contributed by atoms with E-state index in [1.54, 1.807) is 39.7 Å². The highest BCUT2D eigenvalue weighted by Crippen LogP contribution is 2.42. The lowest BCUT2D eigenvalue weighted by molar-refractivity contribution is -0.344. The van der Waals surface area contributed by atoms with Crippen molar-refractivity contribution in [3.05, 3.63) is 129 Å². The number of aliphatic carboxylic acids is 1. The summed E-state index contributed by atoms with van der Waals surface area (Å²) in [5.74, 6) is -3.84. The summed E-state index contributed by atoms with van der Waals surface area (Å²) in [6.07, 6.45) is -0.460. The smallest absolute Gasteiger partial charge is 0.430 e. The van der Waals surface area contributed by atoms with Crippen LogP contribution in [0.2, 0.25) is 0 Å². The van der Waals surface area contributed by atoms with Crippen molar-refractivity contribution < 1.29 is 60.8 Å². The molecule has 0 bridgehead atoms. The number of ether oxygens (including phenoxy) is 3. The number of carbonyl (C=O) groups is 3. The Kier molecular flexibility index (Phi) is 18.0. The van der Waals surface area contributed by atoms with Crippen LogP contribution < -0.4 is 36.5 Å². The number of hydrogen-bond donors (Lipinski definition) is 4. The molecule has 1 aliphatic carbocycles. The van der Waals surface area contributed by atoms with Crippen LogP contribution in [-0.2, 0) is 32.1 Å². The fraction of sp³-hybridized carbons (Fsp3) is 0.308. The number of H-pyrrole nitrogens is 1. The largest absolute Gasteiger partial charge is 0.542 e. The summed E-state index contributed by atoms with van der Waals surface area (Å²) in [5.41, 5.74) is 11.0. The molecule has 5 N–H and O–H groups in total. The van der Waals surface area contributed by atoms with Gasteiger partial charge in [-0.05, 0) is 66.4 Å². The van der Waals surface area contributed by atoms with Crippen molar-refractivity contribution in [2.24, 2.45) is 0 Å². The molecule has 76 heavy (non-hydrogen) atoms. The molecule has 8 rings (SSSR count). The van der Waals surface area contributed by atoms with Crippen LogP contribution in [0.1, 0.15) is 39.1 Å². The van der Waals surface area contributed by atoms with E-state index in [2.05, 4.69) is 25.4 Å². The van der Waals surface area contributed by atoms with Gasteiger partial charge in [0.05, 0.1) is 56.4 Å². The Morgan fingerprint density at radius 1 is 0.895 bits per heavy atom. The summed E-state index contributed by atoms with van der Waals surface area (Å²) in [5, 5.41) is 28.2. The number of benzene rings is 4. The van der Waals surface area contributed by atoms with Gasteiger partial charge < -0.3 is 54.2 Å². The van der Waals surface area contributed by atoms with Gasteiger partial charge in [-0.25, -0.2) is 18.7 Å². The minimum atomic E-state index is -5.19. The highest BCUT2D eigenvalue weighted by Gasteiger charge is 2.29. The molecule has 0 fully saturated rings. The number of fused-ring (bicyclic) bond motifs is 3. The van der Waals surface area contributed by atoms with Crippen LogP contribution >= 0.6 is 0 Å². The van der Waals surface area contributed by atoms with Crippen LogP contribution in [0, 0.1) is 5.82 Å². The maximum absolute atomic E-state index is 13.6. The van der Waals surface area contributed by atoms with Gasteiger partial charge in [0.25, 0.3) is 11.5 Å². The number of imidazole rings is 1.